The fourth-order valence-corrected chi connectivity index (χ4v) is 5.62. The van der Waals surface area contributed by atoms with Crippen LogP contribution in [0.3, 0.4) is 0 Å². The number of nitrogens with zero attached hydrogens (tertiary/aromatic N) is 3. The van der Waals surface area contributed by atoms with Crippen LogP contribution in [0.15, 0.2) is 54.9 Å². The minimum atomic E-state index is -0.690. The fourth-order valence-electron chi connectivity index (χ4n) is 5.62. The van der Waals surface area contributed by atoms with Crippen molar-refractivity contribution in [2.75, 3.05) is 26.2 Å². The predicted molar refractivity (Wildman–Crippen MR) is 139 cm³/mol. The number of likely N-dealkylation sites (tertiary alicyclic amines) is 1. The van der Waals surface area contributed by atoms with E-state index in [9.17, 15) is 9.59 Å². The summed E-state index contributed by atoms with van der Waals surface area (Å²) in [6.07, 6.45) is 12.4. The zero-order valence-corrected chi connectivity index (χ0v) is 21.1. The summed E-state index contributed by atoms with van der Waals surface area (Å²) in [5.74, 6) is 0.0853. The number of pyridine rings is 1. The molecule has 1 aromatic heterocycles. The van der Waals surface area contributed by atoms with Gasteiger partial charge in [-0.05, 0) is 62.3 Å². The third-order valence-corrected chi connectivity index (χ3v) is 7.63. The summed E-state index contributed by atoms with van der Waals surface area (Å²) in [7, 11) is 0. The summed E-state index contributed by atoms with van der Waals surface area (Å²) in [5.41, 5.74) is 1.70. The number of unbranched alkanes of at least 4 members (excludes halogenated alkanes) is 3. The highest BCUT2D eigenvalue weighted by Gasteiger charge is 2.53. The fraction of sp³-hybridized carbons (Fsp3) is 0.552. The average Bonchev–Trinajstić information content (AvgIpc) is 2.89. The van der Waals surface area contributed by atoms with E-state index in [1.807, 2.05) is 17.0 Å². The molecule has 4 rings (SSSR count). The third kappa shape index (κ3) is 6.29. The molecule has 1 spiro atoms. The van der Waals surface area contributed by atoms with Crippen LogP contribution >= 0.6 is 0 Å². The number of rotatable bonds is 11. The Kier molecular flexibility index (Phi) is 8.91. The third-order valence-electron chi connectivity index (χ3n) is 7.63. The SMILES string of the molecule is CCCN1C(=O)[C@H](Cc2cccnc2)NC(=O)C12CCN(CCCCCCc1ccccc1)CC2. The molecule has 0 radical (unpaired) electrons. The maximum atomic E-state index is 13.5. The first-order valence-electron chi connectivity index (χ1n) is 13.4. The Morgan fingerprint density at radius 1 is 0.943 bits per heavy atom. The number of piperidine rings is 1. The van der Waals surface area contributed by atoms with Crippen molar-refractivity contribution < 1.29 is 9.59 Å². The highest BCUT2D eigenvalue weighted by atomic mass is 16.2. The molecule has 1 N–H and O–H groups in total. The lowest BCUT2D eigenvalue weighted by Crippen LogP contribution is -2.73. The van der Waals surface area contributed by atoms with Crippen LogP contribution in [0.25, 0.3) is 0 Å². The molecule has 3 heterocycles. The summed E-state index contributed by atoms with van der Waals surface area (Å²) in [4.78, 5) is 35.4. The van der Waals surface area contributed by atoms with Crippen LogP contribution in [-0.4, -0.2) is 64.4 Å². The minimum Gasteiger partial charge on any atom is -0.342 e. The Labute approximate surface area is 210 Å². The van der Waals surface area contributed by atoms with Gasteiger partial charge in [0.05, 0.1) is 0 Å². The van der Waals surface area contributed by atoms with E-state index in [0.717, 1.165) is 50.9 Å². The van der Waals surface area contributed by atoms with Gasteiger partial charge in [0, 0.05) is 38.4 Å². The van der Waals surface area contributed by atoms with Crippen molar-refractivity contribution >= 4 is 11.8 Å². The normalized spacial score (nSPS) is 20.3. The first kappa shape index (κ1) is 25.4. The van der Waals surface area contributed by atoms with E-state index in [2.05, 4.69) is 52.5 Å². The van der Waals surface area contributed by atoms with Crippen molar-refractivity contribution in [3.8, 4) is 0 Å². The molecule has 2 aliphatic rings. The van der Waals surface area contributed by atoms with Crippen molar-refractivity contribution in [2.45, 2.75) is 76.3 Å². The topological polar surface area (TPSA) is 65.5 Å². The number of aryl methyl sites for hydroxylation is 1. The van der Waals surface area contributed by atoms with Crippen LogP contribution in [-0.2, 0) is 22.4 Å². The second-order valence-corrected chi connectivity index (χ2v) is 10.1. The van der Waals surface area contributed by atoms with E-state index in [1.54, 1.807) is 12.4 Å². The lowest BCUT2D eigenvalue weighted by molar-refractivity contribution is -0.161. The van der Waals surface area contributed by atoms with Crippen molar-refractivity contribution in [3.63, 3.8) is 0 Å². The van der Waals surface area contributed by atoms with Gasteiger partial charge in [-0.1, -0.05) is 56.2 Å². The van der Waals surface area contributed by atoms with E-state index < -0.39 is 11.6 Å². The van der Waals surface area contributed by atoms with E-state index in [0.29, 0.717) is 13.0 Å². The van der Waals surface area contributed by atoms with Gasteiger partial charge in [-0.25, -0.2) is 0 Å². The van der Waals surface area contributed by atoms with Crippen molar-refractivity contribution in [3.05, 3.63) is 66.0 Å². The maximum Gasteiger partial charge on any atom is 0.246 e. The second-order valence-electron chi connectivity index (χ2n) is 10.1. The number of amides is 2. The molecular weight excluding hydrogens is 436 g/mol. The number of benzene rings is 1. The lowest BCUT2D eigenvalue weighted by atomic mass is 9.81. The Morgan fingerprint density at radius 2 is 1.69 bits per heavy atom. The van der Waals surface area contributed by atoms with Gasteiger partial charge in [0.15, 0.2) is 0 Å². The van der Waals surface area contributed by atoms with Gasteiger partial charge in [-0.2, -0.15) is 0 Å². The molecule has 0 unspecified atom stereocenters. The van der Waals surface area contributed by atoms with Crippen LogP contribution in [0.1, 0.15) is 63.0 Å². The number of nitrogens with one attached hydrogen (secondary N) is 1. The van der Waals surface area contributed by atoms with Gasteiger partial charge in [0.1, 0.15) is 11.6 Å². The quantitative estimate of drug-likeness (QED) is 0.498. The van der Waals surface area contributed by atoms with Gasteiger partial charge in [-0.15, -0.1) is 0 Å². The minimum absolute atomic E-state index is 0.0278. The largest absolute Gasteiger partial charge is 0.342 e. The monoisotopic (exact) mass is 476 g/mol. The average molecular weight is 477 g/mol. The number of hydrogen-bond donors (Lipinski definition) is 1. The van der Waals surface area contributed by atoms with Crippen LogP contribution < -0.4 is 5.32 Å². The second kappa shape index (κ2) is 12.3. The Hall–Kier alpha value is -2.73. The highest BCUT2D eigenvalue weighted by molar-refractivity contribution is 6.00. The molecule has 0 aliphatic carbocycles. The molecule has 0 bridgehead atoms. The summed E-state index contributed by atoms with van der Waals surface area (Å²) in [6, 6.07) is 14.0. The summed E-state index contributed by atoms with van der Waals surface area (Å²) >= 11 is 0. The Morgan fingerprint density at radius 3 is 2.40 bits per heavy atom. The number of carbonyl (C=O) groups is 2. The summed E-state index contributed by atoms with van der Waals surface area (Å²) < 4.78 is 0. The van der Waals surface area contributed by atoms with Crippen LogP contribution in [0.2, 0.25) is 0 Å². The first-order chi connectivity index (χ1) is 17.1. The van der Waals surface area contributed by atoms with E-state index in [1.165, 1.54) is 31.2 Å². The summed E-state index contributed by atoms with van der Waals surface area (Å²) in [6.45, 7) is 5.54. The molecule has 2 aromatic rings. The molecule has 1 atom stereocenters. The zero-order valence-electron chi connectivity index (χ0n) is 21.1. The molecular formula is C29H40N4O2. The molecule has 2 saturated heterocycles. The molecule has 35 heavy (non-hydrogen) atoms. The van der Waals surface area contributed by atoms with Gasteiger partial charge in [-0.3, -0.25) is 14.6 Å². The molecule has 2 fully saturated rings. The molecule has 0 saturated carbocycles. The molecule has 2 amide bonds. The zero-order chi connectivity index (χ0) is 24.5. The van der Waals surface area contributed by atoms with Crippen molar-refractivity contribution in [2.24, 2.45) is 0 Å². The standard InChI is InChI=1S/C29H40N4O2/c1-2-18-33-27(34)26(22-25-14-10-17-30-23-25)31-28(35)29(33)15-20-32(21-16-29)19-9-4-3-6-11-24-12-7-5-8-13-24/h5,7-8,10,12-14,17,23,26H,2-4,6,9,11,15-16,18-22H2,1H3,(H,31,35)/t26-/m0/s1. The van der Waals surface area contributed by atoms with Crippen molar-refractivity contribution in [1.29, 1.82) is 0 Å². The van der Waals surface area contributed by atoms with E-state index >= 15 is 0 Å². The van der Waals surface area contributed by atoms with Gasteiger partial charge in [0.25, 0.3) is 0 Å². The van der Waals surface area contributed by atoms with E-state index in [4.69, 9.17) is 0 Å². The van der Waals surface area contributed by atoms with Gasteiger partial charge in [0.2, 0.25) is 11.8 Å². The van der Waals surface area contributed by atoms with Crippen LogP contribution in [0.4, 0.5) is 0 Å². The molecule has 188 valence electrons. The highest BCUT2D eigenvalue weighted by Crippen LogP contribution is 2.33. The molecule has 1 aromatic carbocycles. The van der Waals surface area contributed by atoms with Gasteiger partial charge >= 0.3 is 0 Å². The van der Waals surface area contributed by atoms with Gasteiger partial charge < -0.3 is 15.1 Å². The molecule has 6 nitrogen and oxygen atoms in total. The maximum absolute atomic E-state index is 13.5. The first-order valence-corrected chi connectivity index (χ1v) is 13.4. The Bertz CT molecular complexity index is 942. The van der Waals surface area contributed by atoms with Crippen molar-refractivity contribution in [1.82, 2.24) is 20.1 Å². The molecule has 6 heteroatoms. The van der Waals surface area contributed by atoms with E-state index in [-0.39, 0.29) is 11.8 Å². The van der Waals surface area contributed by atoms with Crippen LogP contribution in [0, 0.1) is 0 Å². The number of aromatic nitrogens is 1. The number of hydrogen-bond acceptors (Lipinski definition) is 4. The number of piperazine rings is 1. The smallest absolute Gasteiger partial charge is 0.246 e. The number of carbonyl (C=O) groups excluding carboxylic acids is 2. The lowest BCUT2D eigenvalue weighted by Gasteiger charge is -2.51. The molecule has 2 aliphatic heterocycles. The summed E-state index contributed by atoms with van der Waals surface area (Å²) in [5, 5.41) is 3.08. The predicted octanol–water partition coefficient (Wildman–Crippen LogP) is 4.00. The Balaban J connectivity index is 1.25. The van der Waals surface area contributed by atoms with Crippen LogP contribution in [0.5, 0.6) is 0 Å².